The molecule has 118 valence electrons. The lowest BCUT2D eigenvalue weighted by Gasteiger charge is -2.20. The SMILES string of the molecule is CCCCC1=NN2C(=N)/C(=C/c3ccc(Cl)cc3)C(=O)N=C2S1. The molecule has 1 aromatic carbocycles. The van der Waals surface area contributed by atoms with Crippen molar-refractivity contribution >= 4 is 51.4 Å². The van der Waals surface area contributed by atoms with Crippen LogP contribution in [0.25, 0.3) is 6.08 Å². The summed E-state index contributed by atoms with van der Waals surface area (Å²) in [6.45, 7) is 2.11. The number of rotatable bonds is 4. The largest absolute Gasteiger partial charge is 0.283 e. The maximum atomic E-state index is 12.2. The van der Waals surface area contributed by atoms with E-state index in [-0.39, 0.29) is 11.4 Å². The molecule has 1 N–H and O–H groups in total. The normalized spacial score (nSPS) is 19.0. The molecule has 0 fully saturated rings. The van der Waals surface area contributed by atoms with Gasteiger partial charge in [-0.05, 0) is 48.4 Å². The summed E-state index contributed by atoms with van der Waals surface area (Å²) in [5.74, 6) is -0.343. The molecule has 23 heavy (non-hydrogen) atoms. The minimum atomic E-state index is -0.407. The van der Waals surface area contributed by atoms with Gasteiger partial charge in [0, 0.05) is 5.02 Å². The number of hydrazone groups is 1. The van der Waals surface area contributed by atoms with Gasteiger partial charge in [-0.2, -0.15) is 15.1 Å². The number of hydrogen-bond acceptors (Lipinski definition) is 4. The predicted molar refractivity (Wildman–Crippen MR) is 96.0 cm³/mol. The fourth-order valence-electron chi connectivity index (χ4n) is 2.19. The lowest BCUT2D eigenvalue weighted by atomic mass is 10.1. The van der Waals surface area contributed by atoms with Crippen LogP contribution in [0.3, 0.4) is 0 Å². The van der Waals surface area contributed by atoms with Gasteiger partial charge in [-0.15, -0.1) is 0 Å². The number of hydrogen-bond donors (Lipinski definition) is 1. The summed E-state index contributed by atoms with van der Waals surface area (Å²) in [6.07, 6.45) is 4.59. The van der Waals surface area contributed by atoms with E-state index in [4.69, 9.17) is 17.0 Å². The van der Waals surface area contributed by atoms with Gasteiger partial charge in [-0.3, -0.25) is 10.2 Å². The van der Waals surface area contributed by atoms with Gasteiger partial charge >= 0.3 is 0 Å². The van der Waals surface area contributed by atoms with E-state index < -0.39 is 5.91 Å². The zero-order valence-electron chi connectivity index (χ0n) is 12.5. The molecule has 7 heteroatoms. The third-order valence-electron chi connectivity index (χ3n) is 3.42. The number of unbranched alkanes of at least 4 members (excludes halogenated alkanes) is 1. The summed E-state index contributed by atoms with van der Waals surface area (Å²) in [4.78, 5) is 16.3. The van der Waals surface area contributed by atoms with E-state index in [1.54, 1.807) is 30.3 Å². The lowest BCUT2D eigenvalue weighted by molar-refractivity contribution is -0.114. The molecule has 2 heterocycles. The fraction of sp³-hybridized carbons (Fsp3) is 0.250. The number of amides is 1. The van der Waals surface area contributed by atoms with E-state index in [0.29, 0.717) is 10.2 Å². The van der Waals surface area contributed by atoms with Gasteiger partial charge in [0.2, 0.25) is 5.17 Å². The standard InChI is InChI=1S/C16H15ClN4OS/c1-2-3-4-13-20-21-14(18)12(15(22)19-16(21)23-13)9-10-5-7-11(17)8-6-10/h5-9,18H,2-4H2,1H3/b12-9-,18-14?. The molecule has 0 aromatic heterocycles. The van der Waals surface area contributed by atoms with Crippen molar-refractivity contribution in [2.45, 2.75) is 26.2 Å². The van der Waals surface area contributed by atoms with E-state index in [1.807, 2.05) is 0 Å². The first-order valence-electron chi connectivity index (χ1n) is 7.33. The van der Waals surface area contributed by atoms with Gasteiger partial charge in [0.25, 0.3) is 5.91 Å². The van der Waals surface area contributed by atoms with Crippen molar-refractivity contribution < 1.29 is 4.79 Å². The highest BCUT2D eigenvalue weighted by atomic mass is 35.5. The Kier molecular flexibility index (Phi) is 4.63. The van der Waals surface area contributed by atoms with Crippen LogP contribution in [-0.4, -0.2) is 27.0 Å². The van der Waals surface area contributed by atoms with E-state index >= 15 is 0 Å². The van der Waals surface area contributed by atoms with E-state index in [2.05, 4.69) is 17.0 Å². The minimum Gasteiger partial charge on any atom is -0.282 e. The van der Waals surface area contributed by atoms with Crippen molar-refractivity contribution in [3.63, 3.8) is 0 Å². The second-order valence-corrected chi connectivity index (χ2v) is 6.65. The number of carbonyl (C=O) groups is 1. The van der Waals surface area contributed by atoms with E-state index in [1.165, 1.54) is 16.8 Å². The molecule has 0 unspecified atom stereocenters. The molecule has 5 nitrogen and oxygen atoms in total. The van der Waals surface area contributed by atoms with Crippen molar-refractivity contribution in [1.29, 1.82) is 5.41 Å². The highest BCUT2D eigenvalue weighted by molar-refractivity contribution is 8.26. The van der Waals surface area contributed by atoms with Crippen LogP contribution in [0, 0.1) is 5.41 Å². The van der Waals surface area contributed by atoms with Gasteiger partial charge in [0.1, 0.15) is 5.04 Å². The number of amidine groups is 2. The Bertz CT molecular complexity index is 752. The number of halogens is 1. The van der Waals surface area contributed by atoms with Gasteiger partial charge in [-0.25, -0.2) is 0 Å². The molecule has 0 aliphatic carbocycles. The summed E-state index contributed by atoms with van der Waals surface area (Å²) >= 11 is 7.23. The summed E-state index contributed by atoms with van der Waals surface area (Å²) in [6, 6.07) is 7.08. The molecule has 2 aliphatic rings. The van der Waals surface area contributed by atoms with E-state index in [9.17, 15) is 4.79 Å². The number of benzene rings is 1. The number of nitrogens with zero attached hydrogens (tertiary/aromatic N) is 3. The van der Waals surface area contributed by atoms with Gasteiger partial charge in [-0.1, -0.05) is 37.1 Å². The number of aliphatic imine (C=N–C) groups is 1. The van der Waals surface area contributed by atoms with Gasteiger partial charge in [0.05, 0.1) is 5.57 Å². The predicted octanol–water partition coefficient (Wildman–Crippen LogP) is 4.15. The first kappa shape index (κ1) is 16.0. The average Bonchev–Trinajstić information content (AvgIpc) is 2.94. The zero-order valence-corrected chi connectivity index (χ0v) is 14.1. The van der Waals surface area contributed by atoms with Crippen LogP contribution < -0.4 is 0 Å². The molecule has 1 aromatic rings. The molecule has 0 saturated heterocycles. The van der Waals surface area contributed by atoms with Crippen LogP contribution in [0.5, 0.6) is 0 Å². The third kappa shape index (κ3) is 3.38. The van der Waals surface area contributed by atoms with Crippen LogP contribution in [0.2, 0.25) is 5.02 Å². The van der Waals surface area contributed by atoms with Crippen molar-refractivity contribution in [1.82, 2.24) is 5.01 Å². The Morgan fingerprint density at radius 3 is 2.78 bits per heavy atom. The van der Waals surface area contributed by atoms with Crippen molar-refractivity contribution in [2.75, 3.05) is 0 Å². The maximum absolute atomic E-state index is 12.2. The summed E-state index contributed by atoms with van der Waals surface area (Å²) in [7, 11) is 0. The van der Waals surface area contributed by atoms with Crippen LogP contribution in [0.1, 0.15) is 31.7 Å². The molecule has 2 aliphatic heterocycles. The smallest absolute Gasteiger partial charge is 0.282 e. The van der Waals surface area contributed by atoms with E-state index in [0.717, 1.165) is 29.9 Å². The lowest BCUT2D eigenvalue weighted by Crippen LogP contribution is -2.35. The Hall–Kier alpha value is -1.92. The molecular formula is C16H15ClN4OS. The van der Waals surface area contributed by atoms with Crippen molar-refractivity contribution in [2.24, 2.45) is 10.1 Å². The van der Waals surface area contributed by atoms with Gasteiger partial charge < -0.3 is 0 Å². The number of fused-ring (bicyclic) bond motifs is 1. The first-order chi connectivity index (χ1) is 11.1. The number of thioether (sulfide) groups is 1. The summed E-state index contributed by atoms with van der Waals surface area (Å²) in [5, 5.41) is 16.1. The average molecular weight is 347 g/mol. The molecule has 0 atom stereocenters. The minimum absolute atomic E-state index is 0.0638. The molecule has 3 rings (SSSR count). The molecule has 0 saturated carbocycles. The fourth-order valence-corrected chi connectivity index (χ4v) is 3.24. The summed E-state index contributed by atoms with van der Waals surface area (Å²) < 4.78 is 0. The highest BCUT2D eigenvalue weighted by Crippen LogP contribution is 2.30. The topological polar surface area (TPSA) is 68.9 Å². The van der Waals surface area contributed by atoms with Crippen LogP contribution in [0.4, 0.5) is 0 Å². The van der Waals surface area contributed by atoms with Crippen LogP contribution >= 0.6 is 23.4 Å². The molecule has 0 radical (unpaired) electrons. The van der Waals surface area contributed by atoms with Crippen LogP contribution in [0.15, 0.2) is 39.9 Å². The number of carbonyl (C=O) groups excluding carboxylic acids is 1. The second-order valence-electron chi connectivity index (χ2n) is 5.17. The molecule has 1 amide bonds. The second kappa shape index (κ2) is 6.68. The molecule has 0 spiro atoms. The third-order valence-corrected chi connectivity index (χ3v) is 4.64. The monoisotopic (exact) mass is 346 g/mol. The zero-order chi connectivity index (χ0) is 16.4. The van der Waals surface area contributed by atoms with Crippen molar-refractivity contribution in [3.8, 4) is 0 Å². The van der Waals surface area contributed by atoms with Gasteiger partial charge in [0.15, 0.2) is 5.84 Å². The number of nitrogens with one attached hydrogen (secondary N) is 1. The Morgan fingerprint density at radius 2 is 2.09 bits per heavy atom. The maximum Gasteiger partial charge on any atom is 0.283 e. The Morgan fingerprint density at radius 1 is 1.35 bits per heavy atom. The Balaban J connectivity index is 1.88. The van der Waals surface area contributed by atoms with Crippen molar-refractivity contribution in [3.05, 3.63) is 40.4 Å². The molecule has 0 bridgehead atoms. The molecular weight excluding hydrogens is 332 g/mol. The Labute approximate surface area is 143 Å². The summed E-state index contributed by atoms with van der Waals surface area (Å²) in [5.41, 5.74) is 1.03. The van der Waals surface area contributed by atoms with Crippen LogP contribution in [-0.2, 0) is 4.79 Å². The quantitative estimate of drug-likeness (QED) is 0.832. The first-order valence-corrected chi connectivity index (χ1v) is 8.52. The highest BCUT2D eigenvalue weighted by Gasteiger charge is 2.35.